The lowest BCUT2D eigenvalue weighted by molar-refractivity contribution is -0.336. The largest absolute Gasteiger partial charge is 0.494 e. The van der Waals surface area contributed by atoms with E-state index in [2.05, 4.69) is 0 Å². The number of aliphatic hydroxyl groups excluding tert-OH is 4. The minimum absolute atomic E-state index is 0.150. The SMILES string of the molecule is CCOc1ccc(Cc2cccc([C@]34OC[C@](C(C)O)(O3)[C@@H](O)[C@H](O)[C@H]4O)c2)cc1. The highest BCUT2D eigenvalue weighted by Crippen LogP contribution is 2.50. The first kappa shape index (κ1) is 21.2. The van der Waals surface area contributed by atoms with Crippen LogP contribution in [-0.2, 0) is 21.7 Å². The van der Waals surface area contributed by atoms with Crippen molar-refractivity contribution in [2.45, 2.75) is 56.1 Å². The molecule has 6 atom stereocenters. The zero-order valence-electron chi connectivity index (χ0n) is 17.1. The monoisotopic (exact) mass is 416 g/mol. The number of benzene rings is 2. The Bertz CT molecular complexity index is 883. The van der Waals surface area contributed by atoms with Gasteiger partial charge in [-0.1, -0.05) is 30.3 Å². The molecule has 4 N–H and O–H groups in total. The van der Waals surface area contributed by atoms with Crippen LogP contribution in [0.2, 0.25) is 0 Å². The lowest BCUT2D eigenvalue weighted by atomic mass is 9.81. The van der Waals surface area contributed by atoms with Gasteiger partial charge >= 0.3 is 0 Å². The molecule has 0 saturated carbocycles. The number of fused-ring (bicyclic) bond motifs is 2. The van der Waals surface area contributed by atoms with Crippen molar-refractivity contribution in [3.63, 3.8) is 0 Å². The van der Waals surface area contributed by atoms with Crippen LogP contribution in [-0.4, -0.2) is 63.7 Å². The van der Waals surface area contributed by atoms with E-state index in [0.717, 1.165) is 16.9 Å². The lowest BCUT2D eigenvalue weighted by Gasteiger charge is -2.47. The molecule has 1 unspecified atom stereocenters. The Labute approximate surface area is 175 Å². The molecule has 7 nitrogen and oxygen atoms in total. The van der Waals surface area contributed by atoms with Gasteiger partial charge in [-0.25, -0.2) is 0 Å². The predicted octanol–water partition coefficient (Wildman–Crippen LogP) is 1.09. The third kappa shape index (κ3) is 3.32. The first-order valence-corrected chi connectivity index (χ1v) is 10.2. The standard InChI is InChI=1S/C23H28O7/c1-3-28-18-9-7-15(8-10-18)11-16-5-4-6-17(12-16)23-21(27)19(25)20(26)22(30-23,13-29-23)14(2)24/h4-10,12,14,19-21,24-27H,3,11,13H2,1-2H3/t14?,19-,20-,21+,22+,23-/m0/s1. The minimum atomic E-state index is -1.66. The van der Waals surface area contributed by atoms with Crippen molar-refractivity contribution in [3.8, 4) is 5.75 Å². The van der Waals surface area contributed by atoms with Crippen LogP contribution in [0.5, 0.6) is 5.75 Å². The molecular formula is C23H28O7. The minimum Gasteiger partial charge on any atom is -0.494 e. The summed E-state index contributed by atoms with van der Waals surface area (Å²) in [5.41, 5.74) is 1.05. The van der Waals surface area contributed by atoms with E-state index in [4.69, 9.17) is 14.2 Å². The van der Waals surface area contributed by atoms with Crippen LogP contribution in [0.25, 0.3) is 0 Å². The molecule has 2 saturated heterocycles. The van der Waals surface area contributed by atoms with Crippen molar-refractivity contribution < 1.29 is 34.6 Å². The summed E-state index contributed by atoms with van der Waals surface area (Å²) in [6.07, 6.45) is -4.98. The summed E-state index contributed by atoms with van der Waals surface area (Å²) in [5.74, 6) is -0.848. The highest BCUT2D eigenvalue weighted by molar-refractivity contribution is 5.36. The average molecular weight is 416 g/mol. The van der Waals surface area contributed by atoms with Gasteiger partial charge in [-0.2, -0.15) is 0 Å². The predicted molar refractivity (Wildman–Crippen MR) is 108 cm³/mol. The number of aliphatic hydroxyl groups is 4. The Morgan fingerprint density at radius 1 is 1.07 bits per heavy atom. The fourth-order valence-electron chi connectivity index (χ4n) is 4.31. The van der Waals surface area contributed by atoms with E-state index in [1.807, 2.05) is 49.4 Å². The van der Waals surface area contributed by atoms with Gasteiger partial charge in [-0.15, -0.1) is 0 Å². The van der Waals surface area contributed by atoms with E-state index in [-0.39, 0.29) is 6.61 Å². The van der Waals surface area contributed by atoms with Crippen molar-refractivity contribution in [3.05, 3.63) is 65.2 Å². The molecule has 2 bridgehead atoms. The third-order valence-electron chi connectivity index (χ3n) is 6.07. The average Bonchev–Trinajstić information content (AvgIpc) is 3.14. The first-order valence-electron chi connectivity index (χ1n) is 10.2. The van der Waals surface area contributed by atoms with Crippen molar-refractivity contribution >= 4 is 0 Å². The van der Waals surface area contributed by atoms with Crippen LogP contribution >= 0.6 is 0 Å². The summed E-state index contributed by atoms with van der Waals surface area (Å²) < 4.78 is 17.3. The maximum Gasteiger partial charge on any atom is 0.225 e. The van der Waals surface area contributed by atoms with Gasteiger partial charge in [0.2, 0.25) is 5.79 Å². The Hall–Kier alpha value is -2.00. The Balaban J connectivity index is 1.63. The molecule has 2 heterocycles. The van der Waals surface area contributed by atoms with Crippen LogP contribution in [0.1, 0.15) is 30.5 Å². The first-order chi connectivity index (χ1) is 14.3. The van der Waals surface area contributed by atoms with Crippen LogP contribution in [0.15, 0.2) is 48.5 Å². The number of ether oxygens (including phenoxy) is 3. The van der Waals surface area contributed by atoms with E-state index in [1.165, 1.54) is 6.92 Å². The van der Waals surface area contributed by atoms with Gasteiger partial charge in [0.1, 0.15) is 29.7 Å². The zero-order valence-corrected chi connectivity index (χ0v) is 17.1. The van der Waals surface area contributed by atoms with Gasteiger partial charge in [-0.05, 0) is 49.6 Å². The molecular weight excluding hydrogens is 388 g/mol. The molecule has 7 heteroatoms. The molecule has 162 valence electrons. The molecule has 0 aliphatic carbocycles. The van der Waals surface area contributed by atoms with Gasteiger partial charge in [0, 0.05) is 5.56 Å². The Kier molecular flexibility index (Phi) is 5.61. The molecule has 2 aliphatic heterocycles. The van der Waals surface area contributed by atoms with E-state index in [1.54, 1.807) is 6.07 Å². The smallest absolute Gasteiger partial charge is 0.225 e. The topological polar surface area (TPSA) is 109 Å². The fraction of sp³-hybridized carbons (Fsp3) is 0.478. The normalized spacial score (nSPS) is 34.0. The lowest BCUT2D eigenvalue weighted by Crippen LogP contribution is -2.67. The van der Waals surface area contributed by atoms with Gasteiger partial charge in [0.05, 0.1) is 19.3 Å². The summed E-state index contributed by atoms with van der Waals surface area (Å²) in [6, 6.07) is 15.2. The van der Waals surface area contributed by atoms with Crippen molar-refractivity contribution in [1.82, 2.24) is 0 Å². The second kappa shape index (κ2) is 7.92. The maximum absolute atomic E-state index is 10.7. The van der Waals surface area contributed by atoms with E-state index >= 15 is 0 Å². The van der Waals surface area contributed by atoms with Crippen molar-refractivity contribution in [1.29, 1.82) is 0 Å². The summed E-state index contributed by atoms with van der Waals surface area (Å²) in [5, 5.41) is 41.9. The second-order valence-corrected chi connectivity index (χ2v) is 8.02. The second-order valence-electron chi connectivity index (χ2n) is 8.02. The maximum atomic E-state index is 10.7. The summed E-state index contributed by atoms with van der Waals surface area (Å²) in [7, 11) is 0. The molecule has 0 amide bonds. The fourth-order valence-corrected chi connectivity index (χ4v) is 4.31. The van der Waals surface area contributed by atoms with Crippen molar-refractivity contribution in [2.24, 2.45) is 0 Å². The molecule has 2 fully saturated rings. The zero-order chi connectivity index (χ0) is 21.5. The highest BCUT2D eigenvalue weighted by Gasteiger charge is 2.68. The Morgan fingerprint density at radius 2 is 1.80 bits per heavy atom. The van der Waals surface area contributed by atoms with Gasteiger partial charge < -0.3 is 34.6 Å². The van der Waals surface area contributed by atoms with Gasteiger partial charge in [0.15, 0.2) is 0 Å². The van der Waals surface area contributed by atoms with Crippen LogP contribution < -0.4 is 4.74 Å². The van der Waals surface area contributed by atoms with E-state index in [0.29, 0.717) is 18.6 Å². The van der Waals surface area contributed by atoms with E-state index < -0.39 is 35.8 Å². The molecule has 30 heavy (non-hydrogen) atoms. The molecule has 2 aliphatic rings. The van der Waals surface area contributed by atoms with Crippen LogP contribution in [0, 0.1) is 0 Å². The van der Waals surface area contributed by atoms with Gasteiger partial charge in [0.25, 0.3) is 0 Å². The highest BCUT2D eigenvalue weighted by atomic mass is 16.8. The molecule has 0 radical (unpaired) electrons. The van der Waals surface area contributed by atoms with E-state index in [9.17, 15) is 20.4 Å². The summed E-state index contributed by atoms with van der Waals surface area (Å²) >= 11 is 0. The molecule has 4 rings (SSSR count). The van der Waals surface area contributed by atoms with Crippen molar-refractivity contribution in [2.75, 3.05) is 13.2 Å². The Morgan fingerprint density at radius 3 is 2.47 bits per heavy atom. The van der Waals surface area contributed by atoms with Crippen LogP contribution in [0.4, 0.5) is 0 Å². The van der Waals surface area contributed by atoms with Crippen LogP contribution in [0.3, 0.4) is 0 Å². The molecule has 2 aromatic carbocycles. The number of hydrogen-bond acceptors (Lipinski definition) is 7. The summed E-state index contributed by atoms with van der Waals surface area (Å²) in [4.78, 5) is 0. The number of rotatable bonds is 6. The molecule has 2 aromatic rings. The quantitative estimate of drug-likeness (QED) is 0.558. The summed E-state index contributed by atoms with van der Waals surface area (Å²) in [6.45, 7) is 3.87. The number of hydrogen-bond donors (Lipinski definition) is 4. The molecule has 0 spiro atoms. The molecule has 0 aromatic heterocycles. The third-order valence-corrected chi connectivity index (χ3v) is 6.07. The van der Waals surface area contributed by atoms with Gasteiger partial charge in [-0.3, -0.25) is 0 Å².